The first kappa shape index (κ1) is 20.8. The molecule has 2 aliphatic heterocycles. The standard InChI is InChI=1S/C22H26N2O5S/c1-16(2)29-19-5-3-17(4-6-19)22(25)24-10-9-18-15-20(7-8-21(18)24)30(26,27)23-11-13-28-14-12-23/h3-8,15-16H,9-14H2,1-2H3. The summed E-state index contributed by atoms with van der Waals surface area (Å²) in [6.07, 6.45) is 0.696. The number of sulfonamides is 1. The highest BCUT2D eigenvalue weighted by atomic mass is 32.2. The van der Waals surface area contributed by atoms with Gasteiger partial charge in [-0.15, -0.1) is 0 Å². The van der Waals surface area contributed by atoms with Crippen LogP contribution in [0.15, 0.2) is 47.4 Å². The fraction of sp³-hybridized carbons (Fsp3) is 0.409. The Morgan fingerprint density at radius 1 is 1.03 bits per heavy atom. The average molecular weight is 431 g/mol. The van der Waals surface area contributed by atoms with Gasteiger partial charge in [0.15, 0.2) is 0 Å². The van der Waals surface area contributed by atoms with E-state index in [1.165, 1.54) is 4.31 Å². The number of hydrogen-bond donors (Lipinski definition) is 0. The van der Waals surface area contributed by atoms with Crippen LogP contribution in [-0.2, 0) is 21.2 Å². The van der Waals surface area contributed by atoms with Crippen molar-refractivity contribution >= 4 is 21.6 Å². The van der Waals surface area contributed by atoms with Crippen LogP contribution in [0.5, 0.6) is 5.75 Å². The summed E-state index contributed by atoms with van der Waals surface area (Å²) >= 11 is 0. The molecule has 0 saturated carbocycles. The van der Waals surface area contributed by atoms with Gasteiger partial charge in [-0.1, -0.05) is 0 Å². The normalized spacial score (nSPS) is 17.2. The molecule has 8 heteroatoms. The molecule has 4 rings (SSSR count). The topological polar surface area (TPSA) is 76.2 Å². The van der Waals surface area contributed by atoms with Crippen molar-refractivity contribution in [3.8, 4) is 5.75 Å². The predicted molar refractivity (Wildman–Crippen MR) is 114 cm³/mol. The lowest BCUT2D eigenvalue weighted by atomic mass is 10.1. The van der Waals surface area contributed by atoms with Crippen LogP contribution in [0.2, 0.25) is 0 Å². The summed E-state index contributed by atoms with van der Waals surface area (Å²) in [4.78, 5) is 15.0. The highest BCUT2D eigenvalue weighted by Crippen LogP contribution is 2.32. The molecule has 2 aliphatic rings. The molecule has 0 N–H and O–H groups in total. The number of hydrogen-bond acceptors (Lipinski definition) is 5. The molecule has 0 bridgehead atoms. The molecule has 1 saturated heterocycles. The molecular formula is C22H26N2O5S. The lowest BCUT2D eigenvalue weighted by molar-refractivity contribution is 0.0730. The lowest BCUT2D eigenvalue weighted by Crippen LogP contribution is -2.40. The van der Waals surface area contributed by atoms with E-state index in [0.717, 1.165) is 17.0 Å². The Bertz CT molecular complexity index is 1030. The summed E-state index contributed by atoms with van der Waals surface area (Å²) < 4.78 is 38.2. The zero-order valence-electron chi connectivity index (χ0n) is 17.2. The van der Waals surface area contributed by atoms with Crippen LogP contribution >= 0.6 is 0 Å². The van der Waals surface area contributed by atoms with E-state index in [1.54, 1.807) is 47.4 Å². The van der Waals surface area contributed by atoms with E-state index in [0.29, 0.717) is 44.8 Å². The van der Waals surface area contributed by atoms with Crippen molar-refractivity contribution in [1.82, 2.24) is 4.31 Å². The Labute approximate surface area is 177 Å². The van der Waals surface area contributed by atoms with Gasteiger partial charge in [0.05, 0.1) is 24.2 Å². The van der Waals surface area contributed by atoms with E-state index in [2.05, 4.69) is 0 Å². The molecule has 1 fully saturated rings. The Balaban J connectivity index is 1.54. The number of morpholine rings is 1. The summed E-state index contributed by atoms with van der Waals surface area (Å²) in [6.45, 7) is 5.98. The second-order valence-corrected chi connectivity index (χ2v) is 9.64. The fourth-order valence-electron chi connectivity index (χ4n) is 3.79. The van der Waals surface area contributed by atoms with Gasteiger partial charge in [0.25, 0.3) is 5.91 Å². The zero-order chi connectivity index (χ0) is 21.3. The number of carbonyl (C=O) groups excluding carboxylic acids is 1. The highest BCUT2D eigenvalue weighted by molar-refractivity contribution is 7.89. The summed E-state index contributed by atoms with van der Waals surface area (Å²) in [6, 6.07) is 12.1. The number of amides is 1. The molecule has 0 unspecified atom stereocenters. The van der Waals surface area contributed by atoms with E-state index >= 15 is 0 Å². The van der Waals surface area contributed by atoms with Crippen molar-refractivity contribution in [3.63, 3.8) is 0 Å². The molecule has 30 heavy (non-hydrogen) atoms. The average Bonchev–Trinajstić information content (AvgIpc) is 3.17. The maximum absolute atomic E-state index is 13.0. The van der Waals surface area contributed by atoms with E-state index in [-0.39, 0.29) is 16.9 Å². The van der Waals surface area contributed by atoms with Gasteiger partial charge < -0.3 is 14.4 Å². The molecule has 0 atom stereocenters. The summed E-state index contributed by atoms with van der Waals surface area (Å²) in [5.41, 5.74) is 2.21. The number of carbonyl (C=O) groups is 1. The van der Waals surface area contributed by atoms with Crippen LogP contribution in [0.4, 0.5) is 5.69 Å². The SMILES string of the molecule is CC(C)Oc1ccc(C(=O)N2CCc3cc(S(=O)(=O)N4CCOCC4)ccc32)cc1. The smallest absolute Gasteiger partial charge is 0.258 e. The van der Waals surface area contributed by atoms with Gasteiger partial charge in [0.2, 0.25) is 10.0 Å². The van der Waals surface area contributed by atoms with Gasteiger partial charge >= 0.3 is 0 Å². The number of benzene rings is 2. The highest BCUT2D eigenvalue weighted by Gasteiger charge is 2.30. The van der Waals surface area contributed by atoms with Crippen LogP contribution in [0.1, 0.15) is 29.8 Å². The molecule has 7 nitrogen and oxygen atoms in total. The Kier molecular flexibility index (Phi) is 5.81. The van der Waals surface area contributed by atoms with Crippen molar-refractivity contribution in [3.05, 3.63) is 53.6 Å². The second kappa shape index (κ2) is 8.37. The van der Waals surface area contributed by atoms with Gasteiger partial charge in [-0.05, 0) is 68.3 Å². The number of ether oxygens (including phenoxy) is 2. The number of nitrogens with zero attached hydrogens (tertiary/aromatic N) is 2. The van der Waals surface area contributed by atoms with Crippen molar-refractivity contribution in [2.24, 2.45) is 0 Å². The van der Waals surface area contributed by atoms with Crippen LogP contribution < -0.4 is 9.64 Å². The van der Waals surface area contributed by atoms with Crippen molar-refractivity contribution in [2.45, 2.75) is 31.3 Å². The molecular weight excluding hydrogens is 404 g/mol. The Morgan fingerprint density at radius 3 is 2.40 bits per heavy atom. The molecule has 2 aromatic rings. The number of anilines is 1. The van der Waals surface area contributed by atoms with E-state index in [9.17, 15) is 13.2 Å². The monoisotopic (exact) mass is 430 g/mol. The van der Waals surface area contributed by atoms with Gasteiger partial charge in [0.1, 0.15) is 5.75 Å². The van der Waals surface area contributed by atoms with Crippen molar-refractivity contribution in [1.29, 1.82) is 0 Å². The first-order valence-electron chi connectivity index (χ1n) is 10.2. The van der Waals surface area contributed by atoms with E-state index in [4.69, 9.17) is 9.47 Å². The van der Waals surface area contributed by atoms with Gasteiger partial charge in [0, 0.05) is 30.9 Å². The molecule has 0 spiro atoms. The summed E-state index contributed by atoms with van der Waals surface area (Å²) in [5, 5.41) is 0. The van der Waals surface area contributed by atoms with Crippen molar-refractivity contribution in [2.75, 3.05) is 37.7 Å². The van der Waals surface area contributed by atoms with Gasteiger partial charge in [-0.3, -0.25) is 4.79 Å². The minimum Gasteiger partial charge on any atom is -0.491 e. The molecule has 2 heterocycles. The third-order valence-electron chi connectivity index (χ3n) is 5.27. The number of rotatable bonds is 5. The largest absolute Gasteiger partial charge is 0.491 e. The lowest BCUT2D eigenvalue weighted by Gasteiger charge is -2.26. The van der Waals surface area contributed by atoms with E-state index < -0.39 is 10.0 Å². The first-order chi connectivity index (χ1) is 14.4. The van der Waals surface area contributed by atoms with Crippen LogP contribution in [-0.4, -0.2) is 57.6 Å². The first-order valence-corrected chi connectivity index (χ1v) is 11.6. The molecule has 1 amide bonds. The van der Waals surface area contributed by atoms with E-state index in [1.807, 2.05) is 13.8 Å². The van der Waals surface area contributed by atoms with Crippen LogP contribution in [0.3, 0.4) is 0 Å². The maximum atomic E-state index is 13.0. The second-order valence-electron chi connectivity index (χ2n) is 7.70. The molecule has 160 valence electrons. The van der Waals surface area contributed by atoms with Crippen LogP contribution in [0, 0.1) is 0 Å². The Hall–Kier alpha value is -2.42. The summed E-state index contributed by atoms with van der Waals surface area (Å²) in [7, 11) is -3.55. The summed E-state index contributed by atoms with van der Waals surface area (Å²) in [5.74, 6) is 0.620. The quantitative estimate of drug-likeness (QED) is 0.729. The maximum Gasteiger partial charge on any atom is 0.258 e. The Morgan fingerprint density at radius 2 is 1.73 bits per heavy atom. The zero-order valence-corrected chi connectivity index (χ0v) is 18.0. The molecule has 0 radical (unpaired) electrons. The minimum atomic E-state index is -3.55. The van der Waals surface area contributed by atoms with Crippen molar-refractivity contribution < 1.29 is 22.7 Å². The fourth-order valence-corrected chi connectivity index (χ4v) is 5.25. The molecule has 2 aromatic carbocycles. The van der Waals surface area contributed by atoms with Crippen LogP contribution in [0.25, 0.3) is 0 Å². The third-order valence-corrected chi connectivity index (χ3v) is 7.17. The van der Waals surface area contributed by atoms with Gasteiger partial charge in [-0.25, -0.2) is 8.42 Å². The predicted octanol–water partition coefficient (Wildman–Crippen LogP) is 2.70. The minimum absolute atomic E-state index is 0.0694. The third kappa shape index (κ3) is 4.08. The van der Waals surface area contributed by atoms with Gasteiger partial charge in [-0.2, -0.15) is 4.31 Å². The number of fused-ring (bicyclic) bond motifs is 1. The molecule has 0 aliphatic carbocycles. The molecule has 0 aromatic heterocycles.